The van der Waals surface area contributed by atoms with E-state index in [9.17, 15) is 0 Å². The average molecular weight is 756 g/mol. The van der Waals surface area contributed by atoms with Crippen molar-refractivity contribution < 1.29 is 0 Å². The van der Waals surface area contributed by atoms with Gasteiger partial charge >= 0.3 is 0 Å². The summed E-state index contributed by atoms with van der Waals surface area (Å²) >= 11 is 0. The maximum Gasteiger partial charge on any atom is 0.238 e. The predicted molar refractivity (Wildman–Crippen MR) is 239 cm³/mol. The van der Waals surface area contributed by atoms with Gasteiger partial charge in [0.15, 0.2) is 11.6 Å². The number of hydrogen-bond donors (Lipinski definition) is 0. The molecule has 0 bridgehead atoms. The van der Waals surface area contributed by atoms with Gasteiger partial charge in [-0.3, -0.25) is 9.13 Å². The summed E-state index contributed by atoms with van der Waals surface area (Å²) in [6.07, 6.45) is 0. The molecule has 0 unspecified atom stereocenters. The molecule has 0 spiro atoms. The minimum atomic E-state index is 0.559. The van der Waals surface area contributed by atoms with Gasteiger partial charge in [0.05, 0.1) is 33.1 Å². The highest BCUT2D eigenvalue weighted by Crippen LogP contribution is 2.37. The van der Waals surface area contributed by atoms with Gasteiger partial charge in [0, 0.05) is 49.6 Å². The summed E-state index contributed by atoms with van der Waals surface area (Å²) in [5, 5.41) is 4.59. The highest BCUT2D eigenvalue weighted by Gasteiger charge is 2.20. The minimum absolute atomic E-state index is 0.559. The van der Waals surface area contributed by atoms with E-state index in [1.54, 1.807) is 0 Å². The zero-order chi connectivity index (χ0) is 38.9. The quantitative estimate of drug-likeness (QED) is 0.169. The first-order valence-corrected chi connectivity index (χ1v) is 19.7. The Morgan fingerprint density at radius 1 is 0.288 bits per heavy atom. The molecule has 0 aliphatic carbocycles. The van der Waals surface area contributed by atoms with Crippen LogP contribution in [0.15, 0.2) is 200 Å². The predicted octanol–water partition coefficient (Wildman–Crippen LogP) is 12.4. The first kappa shape index (κ1) is 33.0. The van der Waals surface area contributed by atoms with Crippen molar-refractivity contribution in [3.8, 4) is 51.5 Å². The molecular formula is C52H33N7. The molecule has 12 aromatic rings. The molecular weight excluding hydrogens is 723 g/mol. The van der Waals surface area contributed by atoms with E-state index in [2.05, 4.69) is 202 Å². The van der Waals surface area contributed by atoms with Gasteiger partial charge in [-0.25, -0.2) is 9.97 Å². The second-order valence-electron chi connectivity index (χ2n) is 14.7. The van der Waals surface area contributed by atoms with Gasteiger partial charge in [0.1, 0.15) is 5.82 Å². The van der Waals surface area contributed by atoms with Crippen molar-refractivity contribution in [2.45, 2.75) is 0 Å². The minimum Gasteiger partial charge on any atom is -0.309 e. The van der Waals surface area contributed by atoms with Crippen LogP contribution in [0.5, 0.6) is 0 Å². The van der Waals surface area contributed by atoms with Crippen molar-refractivity contribution in [1.29, 1.82) is 0 Å². The van der Waals surface area contributed by atoms with Crippen LogP contribution >= 0.6 is 0 Å². The summed E-state index contributed by atoms with van der Waals surface area (Å²) in [4.78, 5) is 20.9. The van der Waals surface area contributed by atoms with Gasteiger partial charge < -0.3 is 4.57 Å². The summed E-state index contributed by atoms with van der Waals surface area (Å²) in [7, 11) is 0. The van der Waals surface area contributed by atoms with Gasteiger partial charge in [-0.05, 0) is 72.8 Å². The van der Waals surface area contributed by atoms with Crippen molar-refractivity contribution in [2.75, 3.05) is 0 Å². The van der Waals surface area contributed by atoms with Crippen LogP contribution in [-0.2, 0) is 0 Å². The Bertz CT molecular complexity index is 3490. The molecule has 7 heteroatoms. The lowest BCUT2D eigenvalue weighted by atomic mass is 10.1. The van der Waals surface area contributed by atoms with E-state index in [0.29, 0.717) is 17.6 Å². The van der Waals surface area contributed by atoms with Crippen LogP contribution in [0.1, 0.15) is 0 Å². The van der Waals surface area contributed by atoms with Crippen LogP contribution in [0.3, 0.4) is 0 Å². The molecule has 8 aromatic carbocycles. The Balaban J connectivity index is 1.06. The summed E-state index contributed by atoms with van der Waals surface area (Å²) in [5.41, 5.74) is 11.3. The molecule has 0 saturated carbocycles. The topological polar surface area (TPSA) is 66.3 Å². The van der Waals surface area contributed by atoms with Gasteiger partial charge in [0.25, 0.3) is 0 Å². The second-order valence-corrected chi connectivity index (χ2v) is 14.7. The lowest BCUT2D eigenvalue weighted by molar-refractivity contribution is 0.953. The lowest BCUT2D eigenvalue weighted by Crippen LogP contribution is -2.06. The molecule has 4 aromatic heterocycles. The van der Waals surface area contributed by atoms with E-state index in [4.69, 9.17) is 19.9 Å². The van der Waals surface area contributed by atoms with Gasteiger partial charge in [-0.1, -0.05) is 127 Å². The van der Waals surface area contributed by atoms with E-state index in [1.807, 2.05) is 12.1 Å². The largest absolute Gasteiger partial charge is 0.309 e. The summed E-state index contributed by atoms with van der Waals surface area (Å²) < 4.78 is 6.71. The van der Waals surface area contributed by atoms with E-state index in [0.717, 1.165) is 83.1 Å². The molecule has 7 nitrogen and oxygen atoms in total. The number of para-hydroxylation sites is 7. The number of imidazole rings is 1. The number of hydrogen-bond acceptors (Lipinski definition) is 4. The second kappa shape index (κ2) is 13.2. The normalized spacial score (nSPS) is 11.7. The van der Waals surface area contributed by atoms with E-state index < -0.39 is 0 Å². The number of fused-ring (bicyclic) bond motifs is 7. The van der Waals surface area contributed by atoms with Crippen molar-refractivity contribution in [3.05, 3.63) is 200 Å². The van der Waals surface area contributed by atoms with Crippen molar-refractivity contribution in [3.63, 3.8) is 0 Å². The number of nitrogens with zero attached hydrogens (tertiary/aromatic N) is 7. The van der Waals surface area contributed by atoms with Gasteiger partial charge in [0.2, 0.25) is 5.95 Å². The third-order valence-corrected chi connectivity index (χ3v) is 11.3. The Hall–Kier alpha value is -8.16. The van der Waals surface area contributed by atoms with Crippen LogP contribution in [0.2, 0.25) is 0 Å². The Morgan fingerprint density at radius 3 is 1.39 bits per heavy atom. The number of benzene rings is 8. The third kappa shape index (κ3) is 5.29. The zero-order valence-corrected chi connectivity index (χ0v) is 31.7. The Labute approximate surface area is 338 Å². The first-order valence-electron chi connectivity index (χ1n) is 19.7. The smallest absolute Gasteiger partial charge is 0.238 e. The average Bonchev–Trinajstić information content (AvgIpc) is 3.97. The van der Waals surface area contributed by atoms with E-state index in [1.165, 1.54) is 5.39 Å². The van der Waals surface area contributed by atoms with Gasteiger partial charge in [-0.15, -0.1) is 0 Å². The van der Waals surface area contributed by atoms with Crippen molar-refractivity contribution >= 4 is 54.6 Å². The SMILES string of the molecule is c1ccc(-n2c(-c3ccc(-c4nc(-c5ccc6c(c5)c5ccccc5n6-c5ccccc5)nc(-n5c6ccccc6c6ccccc65)n4)cc3)nc3ccccc32)cc1. The van der Waals surface area contributed by atoms with Crippen LogP contribution in [-0.4, -0.2) is 33.6 Å². The highest BCUT2D eigenvalue weighted by molar-refractivity contribution is 6.11. The standard InChI is InChI=1S/C52H33N7/c1-3-15-37(16-4-1)57-44-23-11-9-21-41(44)42-33-36(31-32-47(42)57)50-54-49(55-52(56-50)59-45-24-12-7-19-39(45)40-20-8-13-25-46(40)59)34-27-29-35(30-28-34)51-53-43-22-10-14-26-48(43)58(51)38-17-5-2-6-18-38/h1-33H. The molecule has 12 rings (SSSR count). The van der Waals surface area contributed by atoms with Crippen LogP contribution in [0, 0.1) is 0 Å². The number of aromatic nitrogens is 7. The zero-order valence-electron chi connectivity index (χ0n) is 31.7. The molecule has 0 amide bonds. The lowest BCUT2D eigenvalue weighted by Gasteiger charge is -2.12. The molecule has 0 fully saturated rings. The van der Waals surface area contributed by atoms with E-state index >= 15 is 0 Å². The molecule has 4 heterocycles. The molecule has 0 aliphatic heterocycles. The number of rotatable bonds is 6. The summed E-state index contributed by atoms with van der Waals surface area (Å²) in [5.74, 6) is 2.61. The van der Waals surface area contributed by atoms with E-state index in [-0.39, 0.29) is 0 Å². The highest BCUT2D eigenvalue weighted by atomic mass is 15.2. The maximum absolute atomic E-state index is 5.28. The Kier molecular flexibility index (Phi) is 7.40. The van der Waals surface area contributed by atoms with Crippen LogP contribution in [0.25, 0.3) is 106 Å². The molecule has 0 atom stereocenters. The first-order chi connectivity index (χ1) is 29.3. The monoisotopic (exact) mass is 755 g/mol. The summed E-state index contributed by atoms with van der Waals surface area (Å²) in [6.45, 7) is 0. The van der Waals surface area contributed by atoms with Crippen LogP contribution < -0.4 is 0 Å². The van der Waals surface area contributed by atoms with Crippen molar-refractivity contribution in [1.82, 2.24) is 33.6 Å². The molecule has 0 radical (unpaired) electrons. The van der Waals surface area contributed by atoms with Gasteiger partial charge in [-0.2, -0.15) is 9.97 Å². The molecule has 276 valence electrons. The fraction of sp³-hybridized carbons (Fsp3) is 0. The maximum atomic E-state index is 5.28. The molecule has 0 N–H and O–H groups in total. The Morgan fingerprint density at radius 2 is 0.746 bits per heavy atom. The molecule has 0 saturated heterocycles. The van der Waals surface area contributed by atoms with Crippen LogP contribution in [0.4, 0.5) is 0 Å². The fourth-order valence-electron chi connectivity index (χ4n) is 8.65. The third-order valence-electron chi connectivity index (χ3n) is 11.3. The fourth-order valence-corrected chi connectivity index (χ4v) is 8.65. The van der Waals surface area contributed by atoms with Crippen molar-refractivity contribution in [2.24, 2.45) is 0 Å². The molecule has 59 heavy (non-hydrogen) atoms. The summed E-state index contributed by atoms with van der Waals surface area (Å²) in [6, 6.07) is 69.6. The molecule has 0 aliphatic rings.